The van der Waals surface area contributed by atoms with Gasteiger partial charge in [0.1, 0.15) is 5.82 Å². The van der Waals surface area contributed by atoms with Gasteiger partial charge in [0.15, 0.2) is 0 Å². The highest BCUT2D eigenvalue weighted by molar-refractivity contribution is 5.94. The summed E-state index contributed by atoms with van der Waals surface area (Å²) in [7, 11) is 3.64. The maximum absolute atomic E-state index is 12.4. The summed E-state index contributed by atoms with van der Waals surface area (Å²) in [6.45, 7) is 2.98. The molecule has 0 spiro atoms. The summed E-state index contributed by atoms with van der Waals surface area (Å²) in [5.41, 5.74) is 1.13. The van der Waals surface area contributed by atoms with Crippen molar-refractivity contribution in [2.75, 3.05) is 44.0 Å². The highest BCUT2D eigenvalue weighted by Crippen LogP contribution is 2.22. The minimum Gasteiger partial charge on any atom is -0.380 e. The molecule has 1 aromatic heterocycles. The van der Waals surface area contributed by atoms with Crippen LogP contribution in [0.3, 0.4) is 0 Å². The van der Waals surface area contributed by atoms with Gasteiger partial charge in [-0.15, -0.1) is 0 Å². The van der Waals surface area contributed by atoms with E-state index in [2.05, 4.69) is 15.2 Å². The molecule has 0 saturated carbocycles. The van der Waals surface area contributed by atoms with Gasteiger partial charge in [-0.3, -0.25) is 9.69 Å². The average molecular weight is 304 g/mol. The predicted octanol–water partition coefficient (Wildman–Crippen LogP) is 1.34. The first-order chi connectivity index (χ1) is 10.7. The fraction of sp³-hybridized carbons (Fsp3) is 0.625. The molecular formula is C16H24N4O2. The van der Waals surface area contributed by atoms with Crippen LogP contribution in [0.5, 0.6) is 0 Å². The first-order valence-electron chi connectivity index (χ1n) is 7.92. The van der Waals surface area contributed by atoms with Crippen LogP contribution >= 0.6 is 0 Å². The Morgan fingerprint density at radius 2 is 2.14 bits per heavy atom. The number of nitrogens with one attached hydrogen (secondary N) is 1. The quantitative estimate of drug-likeness (QED) is 0.910. The number of carbonyl (C=O) groups is 1. The molecule has 2 saturated heterocycles. The summed E-state index contributed by atoms with van der Waals surface area (Å²) >= 11 is 0. The summed E-state index contributed by atoms with van der Waals surface area (Å²) in [5.74, 6) is 0.602. The number of hydrogen-bond acceptors (Lipinski definition) is 5. The Morgan fingerprint density at radius 1 is 1.36 bits per heavy atom. The van der Waals surface area contributed by atoms with E-state index < -0.39 is 0 Å². The van der Waals surface area contributed by atoms with Crippen molar-refractivity contribution in [2.24, 2.45) is 0 Å². The molecule has 0 radical (unpaired) electrons. The van der Waals surface area contributed by atoms with Gasteiger partial charge in [-0.1, -0.05) is 0 Å². The van der Waals surface area contributed by atoms with Crippen LogP contribution in [0.1, 0.15) is 19.3 Å². The molecule has 22 heavy (non-hydrogen) atoms. The van der Waals surface area contributed by atoms with Crippen LogP contribution in [0.2, 0.25) is 0 Å². The third-order valence-corrected chi connectivity index (χ3v) is 4.62. The second-order valence-electron chi connectivity index (χ2n) is 6.13. The Hall–Kier alpha value is -1.66. The molecule has 0 aromatic carbocycles. The monoisotopic (exact) mass is 304 g/mol. The number of carbonyl (C=O) groups excluding carboxylic acids is 1. The third-order valence-electron chi connectivity index (χ3n) is 4.62. The Morgan fingerprint density at radius 3 is 2.73 bits per heavy atom. The summed E-state index contributed by atoms with van der Waals surface area (Å²) < 4.78 is 5.34. The van der Waals surface area contributed by atoms with Gasteiger partial charge < -0.3 is 15.0 Å². The van der Waals surface area contributed by atoms with Gasteiger partial charge in [-0.05, 0) is 38.4 Å². The molecule has 2 aliphatic rings. The zero-order chi connectivity index (χ0) is 15.5. The zero-order valence-corrected chi connectivity index (χ0v) is 13.3. The minimum atomic E-state index is -0.148. The van der Waals surface area contributed by atoms with Gasteiger partial charge in [0.2, 0.25) is 5.91 Å². The van der Waals surface area contributed by atoms with Gasteiger partial charge in [-0.2, -0.15) is 0 Å². The molecular weight excluding hydrogens is 280 g/mol. The standard InChI is InChI=1S/C16H24N4O2/c1-19-11-13(22-2)9-14(19)16(21)18-15-6-5-12(10-17-15)20-7-3-4-8-20/h5-6,10,13-14H,3-4,7-9,11H2,1-2H3,(H,17,18,21)/t13-,14-/m0/s1. The molecule has 3 rings (SSSR count). The average Bonchev–Trinajstić information content (AvgIpc) is 3.17. The maximum Gasteiger partial charge on any atom is 0.242 e. The lowest BCUT2D eigenvalue weighted by molar-refractivity contribution is -0.120. The van der Waals surface area contributed by atoms with Crippen molar-refractivity contribution in [1.29, 1.82) is 0 Å². The van der Waals surface area contributed by atoms with Crippen molar-refractivity contribution >= 4 is 17.4 Å². The second kappa shape index (κ2) is 6.62. The van der Waals surface area contributed by atoms with Crippen molar-refractivity contribution in [3.8, 4) is 0 Å². The fourth-order valence-corrected chi connectivity index (χ4v) is 3.26. The van der Waals surface area contributed by atoms with Crippen LogP contribution in [0.25, 0.3) is 0 Å². The molecule has 1 N–H and O–H groups in total. The van der Waals surface area contributed by atoms with Gasteiger partial charge in [0.05, 0.1) is 24.0 Å². The Balaban J connectivity index is 1.59. The van der Waals surface area contributed by atoms with E-state index >= 15 is 0 Å². The molecule has 1 amide bonds. The van der Waals surface area contributed by atoms with E-state index in [1.54, 1.807) is 7.11 Å². The maximum atomic E-state index is 12.4. The number of likely N-dealkylation sites (N-methyl/N-ethyl adjacent to an activating group) is 1. The smallest absolute Gasteiger partial charge is 0.242 e. The predicted molar refractivity (Wildman–Crippen MR) is 86.1 cm³/mol. The summed E-state index contributed by atoms with van der Waals surface area (Å²) in [6, 6.07) is 3.77. The van der Waals surface area contributed by atoms with E-state index in [4.69, 9.17) is 4.74 Å². The minimum absolute atomic E-state index is 0.0107. The van der Waals surface area contributed by atoms with Gasteiger partial charge in [0, 0.05) is 26.7 Å². The van der Waals surface area contributed by atoms with Crippen molar-refractivity contribution in [2.45, 2.75) is 31.4 Å². The van der Waals surface area contributed by atoms with E-state index in [9.17, 15) is 4.79 Å². The lowest BCUT2D eigenvalue weighted by Gasteiger charge is -2.19. The first-order valence-corrected chi connectivity index (χ1v) is 7.92. The van der Waals surface area contributed by atoms with Crippen LogP contribution in [0, 0.1) is 0 Å². The number of anilines is 2. The summed E-state index contributed by atoms with van der Waals surface area (Å²) in [5, 5.41) is 2.91. The number of methoxy groups -OCH3 is 1. The van der Waals surface area contributed by atoms with Crippen molar-refractivity contribution in [3.05, 3.63) is 18.3 Å². The molecule has 2 aliphatic heterocycles. The summed E-state index contributed by atoms with van der Waals surface area (Å²) in [6.07, 6.45) is 5.19. The second-order valence-corrected chi connectivity index (χ2v) is 6.13. The zero-order valence-electron chi connectivity index (χ0n) is 13.3. The molecule has 3 heterocycles. The third kappa shape index (κ3) is 3.23. The SMILES string of the molecule is CO[C@H]1C[C@@H](C(=O)Nc2ccc(N3CCCC3)cn2)N(C)C1. The largest absolute Gasteiger partial charge is 0.380 e. The lowest BCUT2D eigenvalue weighted by Crippen LogP contribution is -2.37. The normalized spacial score (nSPS) is 25.6. The number of hydrogen-bond donors (Lipinski definition) is 1. The van der Waals surface area contributed by atoms with E-state index in [0.717, 1.165) is 31.7 Å². The van der Waals surface area contributed by atoms with Crippen molar-refractivity contribution in [1.82, 2.24) is 9.88 Å². The Labute approximate surface area is 131 Å². The molecule has 0 bridgehead atoms. The number of aromatic nitrogens is 1. The molecule has 0 aliphatic carbocycles. The van der Waals surface area contributed by atoms with E-state index in [-0.39, 0.29) is 18.1 Å². The van der Waals surface area contributed by atoms with Crippen molar-refractivity contribution in [3.63, 3.8) is 0 Å². The molecule has 2 atom stereocenters. The first kappa shape index (κ1) is 15.2. The molecule has 120 valence electrons. The van der Waals surface area contributed by atoms with Crippen LogP contribution in [0.4, 0.5) is 11.5 Å². The van der Waals surface area contributed by atoms with E-state index in [0.29, 0.717) is 5.82 Å². The van der Waals surface area contributed by atoms with E-state index in [1.807, 2.05) is 30.3 Å². The number of pyridine rings is 1. The van der Waals surface area contributed by atoms with Gasteiger partial charge >= 0.3 is 0 Å². The van der Waals surface area contributed by atoms with Crippen LogP contribution < -0.4 is 10.2 Å². The number of likely N-dealkylation sites (tertiary alicyclic amines) is 1. The highest BCUT2D eigenvalue weighted by Gasteiger charge is 2.34. The van der Waals surface area contributed by atoms with Gasteiger partial charge in [-0.25, -0.2) is 4.98 Å². The summed E-state index contributed by atoms with van der Waals surface area (Å²) in [4.78, 5) is 21.1. The fourth-order valence-electron chi connectivity index (χ4n) is 3.26. The Bertz CT molecular complexity index is 513. The Kier molecular flexibility index (Phi) is 4.59. The van der Waals surface area contributed by atoms with Crippen LogP contribution in [-0.2, 0) is 9.53 Å². The number of ether oxygens (including phenoxy) is 1. The van der Waals surface area contributed by atoms with Gasteiger partial charge in [0.25, 0.3) is 0 Å². The molecule has 6 heteroatoms. The number of rotatable bonds is 4. The van der Waals surface area contributed by atoms with Crippen molar-refractivity contribution < 1.29 is 9.53 Å². The molecule has 0 unspecified atom stereocenters. The molecule has 2 fully saturated rings. The molecule has 6 nitrogen and oxygen atoms in total. The van der Waals surface area contributed by atoms with Crippen LogP contribution in [-0.4, -0.2) is 61.7 Å². The van der Waals surface area contributed by atoms with E-state index in [1.165, 1.54) is 12.8 Å². The number of amides is 1. The van der Waals surface area contributed by atoms with Crippen LogP contribution in [0.15, 0.2) is 18.3 Å². The highest BCUT2D eigenvalue weighted by atomic mass is 16.5. The lowest BCUT2D eigenvalue weighted by atomic mass is 10.2. The number of nitrogens with zero attached hydrogens (tertiary/aromatic N) is 3. The topological polar surface area (TPSA) is 57.7 Å². The molecule has 1 aromatic rings.